The van der Waals surface area contributed by atoms with Crippen molar-refractivity contribution in [3.63, 3.8) is 0 Å². The Morgan fingerprint density at radius 2 is 1.71 bits per heavy atom. The summed E-state index contributed by atoms with van der Waals surface area (Å²) in [5.74, 6) is 0.657. The molecule has 24 heavy (non-hydrogen) atoms. The molecule has 0 amide bonds. The van der Waals surface area contributed by atoms with E-state index in [0.29, 0.717) is 15.6 Å². The Morgan fingerprint density at radius 3 is 2.46 bits per heavy atom. The summed E-state index contributed by atoms with van der Waals surface area (Å²) in [5, 5.41) is 3.02. The number of ether oxygens (including phenoxy) is 1. The van der Waals surface area contributed by atoms with Crippen LogP contribution in [-0.2, 0) is 0 Å². The Kier molecular flexibility index (Phi) is 4.89. The van der Waals surface area contributed by atoms with Crippen LogP contribution >= 0.6 is 23.2 Å². The van der Waals surface area contributed by atoms with Gasteiger partial charge in [0.05, 0.1) is 12.1 Å². The molecule has 0 unspecified atom stereocenters. The number of carbonyl (C=O) groups is 1. The molecule has 0 radical (unpaired) electrons. The lowest BCUT2D eigenvalue weighted by Gasteiger charge is -2.04. The first-order chi connectivity index (χ1) is 11.6. The highest BCUT2D eigenvalue weighted by Crippen LogP contribution is 2.24. The topological polar surface area (TPSA) is 26.3 Å². The predicted octanol–water partition coefficient (Wildman–Crippen LogP) is 6.05. The Labute approximate surface area is 150 Å². The number of hydrogen-bond acceptors (Lipinski definition) is 2. The number of fused-ring (bicyclic) bond motifs is 1. The molecule has 0 fully saturated rings. The molecule has 0 saturated carbocycles. The van der Waals surface area contributed by atoms with Gasteiger partial charge in [0, 0.05) is 10.6 Å². The molecule has 0 atom stereocenters. The summed E-state index contributed by atoms with van der Waals surface area (Å²) in [6.07, 6.45) is 3.29. The first kappa shape index (κ1) is 16.6. The van der Waals surface area contributed by atoms with Crippen LogP contribution in [0.5, 0.6) is 5.75 Å². The van der Waals surface area contributed by atoms with Gasteiger partial charge in [-0.3, -0.25) is 4.79 Å². The van der Waals surface area contributed by atoms with Gasteiger partial charge in [-0.05, 0) is 58.8 Å². The smallest absolute Gasteiger partial charge is 0.187 e. The van der Waals surface area contributed by atoms with E-state index in [1.807, 2.05) is 36.4 Å². The fraction of sp³-hybridized carbons (Fsp3) is 0.0500. The van der Waals surface area contributed by atoms with Gasteiger partial charge in [-0.25, -0.2) is 0 Å². The zero-order valence-electron chi connectivity index (χ0n) is 12.9. The van der Waals surface area contributed by atoms with Crippen LogP contribution in [0.2, 0.25) is 10.0 Å². The quantitative estimate of drug-likeness (QED) is 0.420. The van der Waals surface area contributed by atoms with Crippen LogP contribution in [0, 0.1) is 0 Å². The zero-order chi connectivity index (χ0) is 17.1. The molecule has 0 bridgehead atoms. The van der Waals surface area contributed by atoms with E-state index < -0.39 is 0 Å². The van der Waals surface area contributed by atoms with Crippen molar-refractivity contribution in [3.8, 4) is 5.75 Å². The van der Waals surface area contributed by atoms with Crippen LogP contribution in [0.3, 0.4) is 0 Å². The number of rotatable bonds is 4. The molecule has 0 spiro atoms. The molecular formula is C20H14Cl2O2. The van der Waals surface area contributed by atoms with Crippen molar-refractivity contribution in [2.75, 3.05) is 7.11 Å². The number of hydrogen-bond donors (Lipinski definition) is 0. The van der Waals surface area contributed by atoms with Crippen LogP contribution in [-0.4, -0.2) is 12.9 Å². The van der Waals surface area contributed by atoms with E-state index >= 15 is 0 Å². The summed E-state index contributed by atoms with van der Waals surface area (Å²) in [5.41, 5.74) is 1.37. The lowest BCUT2D eigenvalue weighted by atomic mass is 10.0. The van der Waals surface area contributed by atoms with Crippen molar-refractivity contribution in [2.45, 2.75) is 0 Å². The van der Waals surface area contributed by atoms with Crippen LogP contribution in [0.1, 0.15) is 15.9 Å². The van der Waals surface area contributed by atoms with Gasteiger partial charge in [-0.2, -0.15) is 0 Å². The molecule has 0 saturated heterocycles. The molecule has 3 aromatic carbocycles. The predicted molar refractivity (Wildman–Crippen MR) is 100 cm³/mol. The normalized spacial score (nSPS) is 11.1. The van der Waals surface area contributed by atoms with Gasteiger partial charge in [-0.1, -0.05) is 47.5 Å². The first-order valence-corrected chi connectivity index (χ1v) is 8.08. The van der Waals surface area contributed by atoms with Gasteiger partial charge in [0.1, 0.15) is 5.75 Å². The molecule has 120 valence electrons. The number of ketones is 1. The monoisotopic (exact) mass is 356 g/mol. The van der Waals surface area contributed by atoms with Crippen molar-refractivity contribution >= 4 is 45.8 Å². The molecule has 0 aliphatic carbocycles. The molecule has 2 nitrogen and oxygen atoms in total. The summed E-state index contributed by atoms with van der Waals surface area (Å²) >= 11 is 11.9. The second-order valence-corrected chi connectivity index (χ2v) is 6.14. The third-order valence-corrected chi connectivity index (χ3v) is 4.24. The van der Waals surface area contributed by atoms with Gasteiger partial charge >= 0.3 is 0 Å². The highest BCUT2D eigenvalue weighted by molar-refractivity contribution is 6.37. The van der Waals surface area contributed by atoms with E-state index in [4.69, 9.17) is 27.9 Å². The number of halogens is 2. The van der Waals surface area contributed by atoms with Gasteiger partial charge in [0.15, 0.2) is 5.78 Å². The molecule has 0 heterocycles. The van der Waals surface area contributed by atoms with E-state index in [-0.39, 0.29) is 5.78 Å². The van der Waals surface area contributed by atoms with Gasteiger partial charge in [-0.15, -0.1) is 0 Å². The molecule has 3 aromatic rings. The Bertz CT molecular complexity index is 946. The number of allylic oxidation sites excluding steroid dienone is 1. The van der Waals surface area contributed by atoms with E-state index in [1.54, 1.807) is 31.4 Å². The summed E-state index contributed by atoms with van der Waals surface area (Å²) in [6, 6.07) is 16.7. The average Bonchev–Trinajstić information content (AvgIpc) is 2.59. The largest absolute Gasteiger partial charge is 0.497 e. The number of benzene rings is 3. The van der Waals surface area contributed by atoms with Gasteiger partial charge in [0.2, 0.25) is 0 Å². The van der Waals surface area contributed by atoms with Crippen LogP contribution in [0.25, 0.3) is 16.8 Å². The third kappa shape index (κ3) is 3.61. The minimum atomic E-state index is -0.161. The summed E-state index contributed by atoms with van der Waals surface area (Å²) < 4.78 is 5.22. The second-order valence-electron chi connectivity index (χ2n) is 5.29. The molecule has 0 aromatic heterocycles. The summed E-state index contributed by atoms with van der Waals surface area (Å²) in [6.45, 7) is 0. The zero-order valence-corrected chi connectivity index (χ0v) is 14.4. The maximum absolute atomic E-state index is 12.3. The van der Waals surface area contributed by atoms with Crippen molar-refractivity contribution in [1.82, 2.24) is 0 Å². The molecular weight excluding hydrogens is 343 g/mol. The lowest BCUT2D eigenvalue weighted by molar-refractivity contribution is 0.104. The van der Waals surface area contributed by atoms with Crippen molar-refractivity contribution in [2.24, 2.45) is 0 Å². The van der Waals surface area contributed by atoms with Crippen LogP contribution < -0.4 is 4.74 Å². The average molecular weight is 357 g/mol. The van der Waals surface area contributed by atoms with E-state index in [2.05, 4.69) is 0 Å². The highest BCUT2D eigenvalue weighted by atomic mass is 35.5. The minimum absolute atomic E-state index is 0.161. The van der Waals surface area contributed by atoms with Crippen molar-refractivity contribution in [1.29, 1.82) is 0 Å². The van der Waals surface area contributed by atoms with Crippen LogP contribution in [0.15, 0.2) is 60.7 Å². The second kappa shape index (κ2) is 7.08. The first-order valence-electron chi connectivity index (χ1n) is 7.32. The third-order valence-electron chi connectivity index (χ3n) is 3.70. The molecule has 0 N–H and O–H groups in total. The standard InChI is InChI=1S/C20H14Cl2O2/c1-24-17-7-5-14-10-13(2-4-15(14)11-17)3-9-20(23)18-8-6-16(21)12-19(18)22/h2-12H,1H3/b9-3+. The van der Waals surface area contributed by atoms with Crippen molar-refractivity contribution < 1.29 is 9.53 Å². The van der Waals surface area contributed by atoms with E-state index in [1.165, 1.54) is 6.08 Å². The molecule has 4 heteroatoms. The Morgan fingerprint density at radius 1 is 0.958 bits per heavy atom. The highest BCUT2D eigenvalue weighted by Gasteiger charge is 2.07. The number of methoxy groups -OCH3 is 1. The fourth-order valence-electron chi connectivity index (χ4n) is 2.42. The molecule has 3 rings (SSSR count). The summed E-state index contributed by atoms with van der Waals surface area (Å²) in [7, 11) is 1.64. The lowest BCUT2D eigenvalue weighted by Crippen LogP contribution is -1.95. The maximum Gasteiger partial charge on any atom is 0.187 e. The van der Waals surface area contributed by atoms with Gasteiger partial charge < -0.3 is 4.74 Å². The van der Waals surface area contributed by atoms with Crippen LogP contribution in [0.4, 0.5) is 0 Å². The van der Waals surface area contributed by atoms with Crippen molar-refractivity contribution in [3.05, 3.63) is 81.8 Å². The van der Waals surface area contributed by atoms with E-state index in [0.717, 1.165) is 22.1 Å². The SMILES string of the molecule is COc1ccc2cc(/C=C/C(=O)c3ccc(Cl)cc3Cl)ccc2c1. The molecule has 0 aliphatic rings. The molecule has 0 aliphatic heterocycles. The Hall–Kier alpha value is -2.29. The maximum atomic E-state index is 12.3. The number of carbonyl (C=O) groups excluding carboxylic acids is 1. The van der Waals surface area contributed by atoms with Gasteiger partial charge in [0.25, 0.3) is 0 Å². The summed E-state index contributed by atoms with van der Waals surface area (Å²) in [4.78, 5) is 12.3. The van der Waals surface area contributed by atoms with E-state index in [9.17, 15) is 4.79 Å². The minimum Gasteiger partial charge on any atom is -0.497 e. The fourth-order valence-corrected chi connectivity index (χ4v) is 2.93. The Balaban J connectivity index is 1.85.